The molecule has 0 radical (unpaired) electrons. The molecule has 1 aromatic carbocycles. The second-order valence-electron chi connectivity index (χ2n) is 7.72. The Morgan fingerprint density at radius 2 is 1.80 bits per heavy atom. The minimum absolute atomic E-state index is 0.0139. The Labute approximate surface area is 182 Å². The summed E-state index contributed by atoms with van der Waals surface area (Å²) >= 11 is 5.79. The Kier molecular flexibility index (Phi) is 5.14. The number of hydrogen-bond donors (Lipinski definition) is 1. The van der Waals surface area contributed by atoms with Gasteiger partial charge in [-0.2, -0.15) is 0 Å². The summed E-state index contributed by atoms with van der Waals surface area (Å²) in [6.07, 6.45) is 6.07. The van der Waals surface area contributed by atoms with Gasteiger partial charge in [-0.15, -0.1) is 0 Å². The fraction of sp³-hybridized carbons (Fsp3) is 0.304. The maximum Gasteiger partial charge on any atom is 0.174 e. The average molecular weight is 420 g/mol. The Morgan fingerprint density at radius 1 is 1.03 bits per heavy atom. The highest BCUT2D eigenvalue weighted by Gasteiger charge is 2.41. The fourth-order valence-corrected chi connectivity index (χ4v) is 4.66. The van der Waals surface area contributed by atoms with Gasteiger partial charge < -0.3 is 24.4 Å². The van der Waals surface area contributed by atoms with Crippen molar-refractivity contribution in [1.82, 2.24) is 14.9 Å². The molecule has 2 fully saturated rings. The molecule has 0 unspecified atom stereocenters. The van der Waals surface area contributed by atoms with Gasteiger partial charge in [0.15, 0.2) is 5.11 Å². The maximum atomic E-state index is 5.79. The second-order valence-corrected chi connectivity index (χ2v) is 8.11. The summed E-state index contributed by atoms with van der Waals surface area (Å²) in [7, 11) is 2.04. The predicted molar refractivity (Wildman–Crippen MR) is 123 cm³/mol. The van der Waals surface area contributed by atoms with Crippen LogP contribution in [0.25, 0.3) is 0 Å². The smallest absolute Gasteiger partial charge is 0.174 e. The molecule has 1 N–H and O–H groups in total. The summed E-state index contributed by atoms with van der Waals surface area (Å²) in [5, 5.41) is 4.23. The number of aromatic nitrogens is 2. The van der Waals surface area contributed by atoms with Crippen molar-refractivity contribution >= 4 is 28.7 Å². The van der Waals surface area contributed by atoms with E-state index in [1.54, 1.807) is 0 Å². The van der Waals surface area contributed by atoms with E-state index in [-0.39, 0.29) is 12.1 Å². The number of benzene rings is 1. The number of anilines is 2. The molecule has 2 aliphatic rings. The molecule has 2 saturated heterocycles. The van der Waals surface area contributed by atoms with E-state index < -0.39 is 0 Å². The van der Waals surface area contributed by atoms with Crippen molar-refractivity contribution in [3.8, 4) is 0 Å². The molecule has 30 heavy (non-hydrogen) atoms. The Bertz CT molecular complexity index is 1010. The zero-order valence-electron chi connectivity index (χ0n) is 16.9. The van der Waals surface area contributed by atoms with Crippen molar-refractivity contribution < 1.29 is 4.74 Å². The van der Waals surface area contributed by atoms with Crippen molar-refractivity contribution in [3.05, 3.63) is 78.4 Å². The molecule has 3 aromatic rings. The van der Waals surface area contributed by atoms with Crippen LogP contribution in [0.1, 0.15) is 23.3 Å². The van der Waals surface area contributed by atoms with Crippen molar-refractivity contribution in [2.45, 2.75) is 12.1 Å². The second kappa shape index (κ2) is 8.08. The number of hydrogen-bond acceptors (Lipinski definition) is 4. The molecule has 2 atom stereocenters. The minimum Gasteiger partial charge on any atom is -0.378 e. The highest BCUT2D eigenvalue weighted by molar-refractivity contribution is 7.80. The molecule has 0 amide bonds. The Hall–Kier alpha value is -2.90. The zero-order chi connectivity index (χ0) is 20.5. The summed E-state index contributed by atoms with van der Waals surface area (Å²) in [5.74, 6) is 0. The van der Waals surface area contributed by atoms with E-state index in [4.69, 9.17) is 17.0 Å². The molecule has 0 aliphatic carbocycles. The van der Waals surface area contributed by atoms with Crippen molar-refractivity contribution in [1.29, 1.82) is 0 Å². The molecule has 4 heterocycles. The number of pyridine rings is 1. The summed E-state index contributed by atoms with van der Waals surface area (Å²) in [6.45, 7) is 3.42. The van der Waals surface area contributed by atoms with Gasteiger partial charge in [0.1, 0.15) is 0 Å². The van der Waals surface area contributed by atoms with Crippen molar-refractivity contribution in [3.63, 3.8) is 0 Å². The molecule has 5 rings (SSSR count). The maximum absolute atomic E-state index is 5.79. The molecule has 0 bridgehead atoms. The molecule has 154 valence electrons. The number of ether oxygens (including phenoxy) is 1. The van der Waals surface area contributed by atoms with Gasteiger partial charge in [-0.1, -0.05) is 6.07 Å². The Morgan fingerprint density at radius 3 is 2.47 bits per heavy atom. The standard InChI is InChI=1S/C23H25N5OS/c1-26-11-9-17(16-26)22-21(20-4-2-3-10-24-20)25-23(30)28(22)19-7-5-18(6-8-19)27-12-14-29-15-13-27/h2-11,16,21-22H,12-15H2,1H3,(H,25,30)/t21-,22+/m0/s1. The third-order valence-electron chi connectivity index (χ3n) is 5.80. The lowest BCUT2D eigenvalue weighted by Gasteiger charge is -2.30. The van der Waals surface area contributed by atoms with Gasteiger partial charge in [0.25, 0.3) is 0 Å². The first kappa shape index (κ1) is 19.1. The monoisotopic (exact) mass is 419 g/mol. The van der Waals surface area contributed by atoms with E-state index in [1.807, 2.05) is 25.4 Å². The van der Waals surface area contributed by atoms with Crippen molar-refractivity contribution in [2.24, 2.45) is 7.05 Å². The number of rotatable bonds is 4. The summed E-state index contributed by atoms with van der Waals surface area (Å²) in [6, 6.07) is 16.9. The largest absolute Gasteiger partial charge is 0.378 e. The SMILES string of the molecule is Cn1ccc([C@@H]2[C@H](c3ccccn3)NC(=S)N2c2ccc(N3CCOCC3)cc2)c1. The predicted octanol–water partition coefficient (Wildman–Crippen LogP) is 3.43. The first-order chi connectivity index (χ1) is 14.7. The molecule has 2 aliphatic heterocycles. The third-order valence-corrected chi connectivity index (χ3v) is 6.11. The quantitative estimate of drug-likeness (QED) is 0.654. The van der Waals surface area contributed by atoms with E-state index in [0.717, 1.165) is 42.8 Å². The minimum atomic E-state index is -0.0139. The zero-order valence-corrected chi connectivity index (χ0v) is 17.8. The molecule has 7 heteroatoms. The fourth-order valence-electron chi connectivity index (χ4n) is 4.32. The molecule has 2 aromatic heterocycles. The highest BCUT2D eigenvalue weighted by atomic mass is 32.1. The third kappa shape index (κ3) is 3.55. The van der Waals surface area contributed by atoms with Crippen molar-refractivity contribution in [2.75, 3.05) is 36.1 Å². The van der Waals surface area contributed by atoms with Gasteiger partial charge in [-0.3, -0.25) is 4.98 Å². The van der Waals surface area contributed by atoms with Crippen LogP contribution in [0.3, 0.4) is 0 Å². The van der Waals surface area contributed by atoms with Gasteiger partial charge in [-0.25, -0.2) is 0 Å². The van der Waals surface area contributed by atoms with Crippen LogP contribution >= 0.6 is 12.2 Å². The Balaban J connectivity index is 1.50. The van der Waals surface area contributed by atoms with Crippen LogP contribution in [-0.2, 0) is 11.8 Å². The first-order valence-corrected chi connectivity index (χ1v) is 10.7. The van der Waals surface area contributed by atoms with Crippen LogP contribution in [-0.4, -0.2) is 41.0 Å². The lowest BCUT2D eigenvalue weighted by molar-refractivity contribution is 0.122. The molecule has 0 spiro atoms. The highest BCUT2D eigenvalue weighted by Crippen LogP contribution is 2.41. The lowest BCUT2D eigenvalue weighted by atomic mass is 9.98. The summed E-state index contributed by atoms with van der Waals surface area (Å²) in [4.78, 5) is 9.18. The summed E-state index contributed by atoms with van der Waals surface area (Å²) in [5.41, 5.74) is 4.49. The van der Waals surface area contributed by atoms with Gasteiger partial charge in [-0.05, 0) is 60.2 Å². The lowest BCUT2D eigenvalue weighted by Crippen LogP contribution is -2.36. The topological polar surface area (TPSA) is 45.6 Å². The van der Waals surface area contributed by atoms with Crippen LogP contribution in [0.4, 0.5) is 11.4 Å². The van der Waals surface area contributed by atoms with Crippen LogP contribution in [0.2, 0.25) is 0 Å². The average Bonchev–Trinajstić information content (AvgIpc) is 3.38. The molecule has 0 saturated carbocycles. The number of nitrogens with one attached hydrogen (secondary N) is 1. The van der Waals surface area contributed by atoms with Gasteiger partial charge >= 0.3 is 0 Å². The molecular weight excluding hydrogens is 394 g/mol. The molecular formula is C23H25N5OS. The van der Waals surface area contributed by atoms with Crippen LogP contribution in [0, 0.1) is 0 Å². The van der Waals surface area contributed by atoms with Crippen LogP contribution in [0.5, 0.6) is 0 Å². The first-order valence-electron chi connectivity index (χ1n) is 10.3. The number of morpholine rings is 1. The van der Waals surface area contributed by atoms with E-state index in [0.29, 0.717) is 0 Å². The summed E-state index contributed by atoms with van der Waals surface area (Å²) < 4.78 is 7.55. The number of aryl methyl sites for hydroxylation is 1. The van der Waals surface area contributed by atoms with Gasteiger partial charge in [0.05, 0.1) is 31.0 Å². The van der Waals surface area contributed by atoms with E-state index in [1.165, 1.54) is 11.3 Å². The van der Waals surface area contributed by atoms with Gasteiger partial charge in [0, 0.05) is 50.1 Å². The van der Waals surface area contributed by atoms with E-state index >= 15 is 0 Å². The van der Waals surface area contributed by atoms with E-state index in [9.17, 15) is 0 Å². The number of nitrogens with zero attached hydrogens (tertiary/aromatic N) is 4. The number of thiocarbonyl (C=S) groups is 1. The normalized spacial score (nSPS) is 21.7. The van der Waals surface area contributed by atoms with E-state index in [2.05, 4.69) is 73.5 Å². The molecule has 6 nitrogen and oxygen atoms in total. The van der Waals surface area contributed by atoms with Gasteiger partial charge in [0.2, 0.25) is 0 Å². The van der Waals surface area contributed by atoms with Crippen LogP contribution < -0.4 is 15.1 Å². The van der Waals surface area contributed by atoms with Crippen LogP contribution in [0.15, 0.2) is 67.1 Å².